The fourth-order valence-corrected chi connectivity index (χ4v) is 4.24. The summed E-state index contributed by atoms with van der Waals surface area (Å²) in [4.78, 5) is 16.0. The number of hydrogen-bond donors (Lipinski definition) is 2. The van der Waals surface area contributed by atoms with Crippen LogP contribution in [0.25, 0.3) is 0 Å². The number of hydrogen-bond acceptors (Lipinski definition) is 4. The van der Waals surface area contributed by atoms with Crippen molar-refractivity contribution in [2.75, 3.05) is 5.75 Å². The summed E-state index contributed by atoms with van der Waals surface area (Å²) in [7, 11) is 0. The molecule has 0 saturated heterocycles. The van der Waals surface area contributed by atoms with Crippen molar-refractivity contribution < 1.29 is 4.79 Å². The van der Waals surface area contributed by atoms with Crippen LogP contribution in [0.4, 0.5) is 0 Å². The van der Waals surface area contributed by atoms with Gasteiger partial charge in [0.15, 0.2) is 5.17 Å². The second-order valence-electron chi connectivity index (χ2n) is 6.76. The molecule has 1 heterocycles. The van der Waals surface area contributed by atoms with Crippen molar-refractivity contribution in [3.05, 3.63) is 0 Å². The molecule has 0 atom stereocenters. The van der Waals surface area contributed by atoms with E-state index in [1.165, 1.54) is 25.7 Å². The summed E-state index contributed by atoms with van der Waals surface area (Å²) in [6.45, 7) is 6.32. The quantitative estimate of drug-likeness (QED) is 0.835. The molecule has 1 saturated carbocycles. The number of nitrogens with two attached hydrogens (primary N) is 1. The molecule has 1 amide bonds. The van der Waals surface area contributed by atoms with Gasteiger partial charge in [-0.1, -0.05) is 18.7 Å². The van der Waals surface area contributed by atoms with Crippen LogP contribution >= 0.6 is 11.8 Å². The van der Waals surface area contributed by atoms with Crippen LogP contribution in [-0.2, 0) is 4.79 Å². The zero-order chi connectivity index (χ0) is 14.1. The van der Waals surface area contributed by atoms with Gasteiger partial charge >= 0.3 is 0 Å². The number of primary amides is 1. The standard InChI is InChI=1S/C14H25N3OS/c1-10-4-6-14(7-5-10)9-19-12(17-14)16-13(2,3)8-11(15)18/h10H,4-9H2,1-3H3,(H2,15,18)(H,16,17). The van der Waals surface area contributed by atoms with E-state index in [2.05, 4.69) is 12.2 Å². The van der Waals surface area contributed by atoms with E-state index in [4.69, 9.17) is 10.7 Å². The molecule has 4 nitrogen and oxygen atoms in total. The second kappa shape index (κ2) is 5.35. The van der Waals surface area contributed by atoms with Crippen LogP contribution in [0.15, 0.2) is 4.99 Å². The number of carbonyl (C=O) groups excluding carboxylic acids is 1. The highest BCUT2D eigenvalue weighted by Crippen LogP contribution is 2.41. The van der Waals surface area contributed by atoms with Crippen molar-refractivity contribution in [1.82, 2.24) is 5.32 Å². The lowest BCUT2D eigenvalue weighted by Gasteiger charge is -2.32. The maximum atomic E-state index is 11.1. The molecule has 3 N–H and O–H groups in total. The van der Waals surface area contributed by atoms with Gasteiger partial charge in [0.1, 0.15) is 0 Å². The monoisotopic (exact) mass is 283 g/mol. The lowest BCUT2D eigenvalue weighted by atomic mass is 9.79. The van der Waals surface area contributed by atoms with E-state index in [1.807, 2.05) is 13.8 Å². The van der Waals surface area contributed by atoms with Gasteiger partial charge in [0.2, 0.25) is 5.91 Å². The van der Waals surface area contributed by atoms with Gasteiger partial charge in [-0.25, -0.2) is 0 Å². The van der Waals surface area contributed by atoms with Gasteiger partial charge in [0.25, 0.3) is 0 Å². The van der Waals surface area contributed by atoms with Crippen LogP contribution in [-0.4, -0.2) is 27.9 Å². The van der Waals surface area contributed by atoms with E-state index in [9.17, 15) is 4.79 Å². The maximum Gasteiger partial charge on any atom is 0.219 e. The maximum absolute atomic E-state index is 11.1. The van der Waals surface area contributed by atoms with Gasteiger partial charge < -0.3 is 11.1 Å². The molecule has 0 unspecified atom stereocenters. The van der Waals surface area contributed by atoms with E-state index >= 15 is 0 Å². The number of aliphatic imine (C=N–C) groups is 1. The predicted octanol–water partition coefficient (Wildman–Crippen LogP) is 2.28. The number of amides is 1. The van der Waals surface area contributed by atoms with Crippen LogP contribution in [0.1, 0.15) is 52.9 Å². The largest absolute Gasteiger partial charge is 0.370 e. The third-order valence-corrected chi connectivity index (χ3v) is 5.23. The second-order valence-corrected chi connectivity index (χ2v) is 7.73. The molecule has 5 heteroatoms. The Hall–Kier alpha value is -0.710. The minimum atomic E-state index is -0.314. The molecule has 0 radical (unpaired) electrons. The minimum absolute atomic E-state index is 0.155. The lowest BCUT2D eigenvalue weighted by molar-refractivity contribution is -0.119. The van der Waals surface area contributed by atoms with Crippen molar-refractivity contribution in [1.29, 1.82) is 0 Å². The molecule has 0 aromatic carbocycles. The normalized spacial score (nSPS) is 31.3. The van der Waals surface area contributed by atoms with Gasteiger partial charge in [-0.2, -0.15) is 0 Å². The SMILES string of the molecule is CC1CCC2(CC1)CSC(NC(C)(C)CC(N)=O)=N2. The first-order valence-corrected chi connectivity index (χ1v) is 8.08. The third kappa shape index (κ3) is 3.88. The van der Waals surface area contributed by atoms with Crippen molar-refractivity contribution in [2.24, 2.45) is 16.6 Å². The highest BCUT2D eigenvalue weighted by atomic mass is 32.2. The Morgan fingerprint density at radius 1 is 1.53 bits per heavy atom. The van der Waals surface area contributed by atoms with E-state index in [-0.39, 0.29) is 17.0 Å². The Morgan fingerprint density at radius 3 is 2.74 bits per heavy atom. The van der Waals surface area contributed by atoms with Gasteiger partial charge in [-0.3, -0.25) is 9.79 Å². The summed E-state index contributed by atoms with van der Waals surface area (Å²) in [5.74, 6) is 1.64. The molecule has 0 aromatic rings. The summed E-state index contributed by atoms with van der Waals surface area (Å²) >= 11 is 1.79. The Bertz CT molecular complexity index is 384. The van der Waals surface area contributed by atoms with Crippen LogP contribution < -0.4 is 11.1 Å². The molecule has 2 aliphatic rings. The zero-order valence-electron chi connectivity index (χ0n) is 12.2. The predicted molar refractivity (Wildman–Crippen MR) is 81.3 cm³/mol. The Labute approximate surface area is 120 Å². The van der Waals surface area contributed by atoms with E-state index < -0.39 is 0 Å². The first-order valence-electron chi connectivity index (χ1n) is 7.09. The number of amidine groups is 1. The number of carbonyl (C=O) groups is 1. The molecule has 1 spiro atoms. The Balaban J connectivity index is 1.97. The van der Waals surface area contributed by atoms with Gasteiger partial charge in [-0.05, 0) is 45.4 Å². The number of thioether (sulfide) groups is 1. The smallest absolute Gasteiger partial charge is 0.219 e. The van der Waals surface area contributed by atoms with Crippen molar-refractivity contribution in [2.45, 2.75) is 64.0 Å². The number of rotatable bonds is 3. The number of nitrogens with zero attached hydrogens (tertiary/aromatic N) is 1. The molecule has 2 rings (SSSR count). The average molecular weight is 283 g/mol. The summed E-state index contributed by atoms with van der Waals surface area (Å²) < 4.78 is 0. The highest BCUT2D eigenvalue weighted by molar-refractivity contribution is 8.14. The lowest BCUT2D eigenvalue weighted by Crippen LogP contribution is -2.44. The summed E-state index contributed by atoms with van der Waals surface area (Å²) in [6, 6.07) is 0. The molecular formula is C14H25N3OS. The zero-order valence-corrected chi connectivity index (χ0v) is 13.0. The minimum Gasteiger partial charge on any atom is -0.370 e. The highest BCUT2D eigenvalue weighted by Gasteiger charge is 2.39. The average Bonchev–Trinajstić information content (AvgIpc) is 2.64. The molecular weight excluding hydrogens is 258 g/mol. The van der Waals surface area contributed by atoms with E-state index in [1.54, 1.807) is 11.8 Å². The topological polar surface area (TPSA) is 67.5 Å². The van der Waals surface area contributed by atoms with Gasteiger partial charge in [0, 0.05) is 17.7 Å². The number of nitrogens with one attached hydrogen (secondary N) is 1. The van der Waals surface area contributed by atoms with E-state index in [0.29, 0.717) is 6.42 Å². The molecule has 1 aliphatic carbocycles. The van der Waals surface area contributed by atoms with Crippen LogP contribution in [0.3, 0.4) is 0 Å². The fraction of sp³-hybridized carbons (Fsp3) is 0.857. The van der Waals surface area contributed by atoms with Crippen LogP contribution in [0, 0.1) is 5.92 Å². The van der Waals surface area contributed by atoms with Gasteiger partial charge in [0.05, 0.1) is 5.54 Å². The fourth-order valence-electron chi connectivity index (χ4n) is 2.87. The summed E-state index contributed by atoms with van der Waals surface area (Å²) in [6.07, 6.45) is 5.28. The molecule has 1 aliphatic heterocycles. The van der Waals surface area contributed by atoms with E-state index in [0.717, 1.165) is 16.8 Å². The Morgan fingerprint density at radius 2 is 2.16 bits per heavy atom. The van der Waals surface area contributed by atoms with Crippen LogP contribution in [0.2, 0.25) is 0 Å². The van der Waals surface area contributed by atoms with Gasteiger partial charge in [-0.15, -0.1) is 0 Å². The van der Waals surface area contributed by atoms with Crippen LogP contribution in [0.5, 0.6) is 0 Å². The van der Waals surface area contributed by atoms with Crippen molar-refractivity contribution in [3.8, 4) is 0 Å². The van der Waals surface area contributed by atoms with Crippen molar-refractivity contribution in [3.63, 3.8) is 0 Å². The summed E-state index contributed by atoms with van der Waals surface area (Å²) in [5.41, 5.74) is 5.12. The Kier molecular flexibility index (Phi) is 4.14. The van der Waals surface area contributed by atoms with Crippen molar-refractivity contribution >= 4 is 22.8 Å². The molecule has 19 heavy (non-hydrogen) atoms. The molecule has 1 fully saturated rings. The molecule has 0 bridgehead atoms. The first-order chi connectivity index (χ1) is 8.80. The first kappa shape index (κ1) is 14.7. The molecule has 0 aromatic heterocycles. The third-order valence-electron chi connectivity index (χ3n) is 4.08. The molecule has 108 valence electrons. The summed E-state index contributed by atoms with van der Waals surface area (Å²) in [5, 5.41) is 4.37.